The topological polar surface area (TPSA) is 80.8 Å². The molecule has 0 aliphatic heterocycles. The Morgan fingerprint density at radius 1 is 1.04 bits per heavy atom. The predicted octanol–water partition coefficient (Wildman–Crippen LogP) is 1.81. The molecule has 0 atom stereocenters. The quantitative estimate of drug-likeness (QED) is 0.727. The Kier molecular flexibility index (Phi) is 7.61. The number of carbonyl (C=O) groups excluding carboxylic acids is 2. The molecule has 0 saturated heterocycles. The van der Waals surface area contributed by atoms with Gasteiger partial charge in [0.15, 0.2) is 11.5 Å². The zero-order valence-corrected chi connectivity index (χ0v) is 15.9. The summed E-state index contributed by atoms with van der Waals surface area (Å²) in [6.45, 7) is 2.84. The van der Waals surface area contributed by atoms with Crippen molar-refractivity contribution in [3.63, 3.8) is 0 Å². The lowest BCUT2D eigenvalue weighted by atomic mass is 10.1. The fourth-order valence-corrected chi connectivity index (χ4v) is 2.63. The third-order valence-corrected chi connectivity index (χ3v) is 4.08. The van der Waals surface area contributed by atoms with Gasteiger partial charge in [0, 0.05) is 39.0 Å². The van der Waals surface area contributed by atoms with Crippen LogP contribution in [0, 0.1) is 0 Å². The molecule has 0 fully saturated rings. The van der Waals surface area contributed by atoms with Crippen LogP contribution in [0.15, 0.2) is 42.7 Å². The lowest BCUT2D eigenvalue weighted by molar-refractivity contribution is -0.130. The van der Waals surface area contributed by atoms with E-state index in [1.54, 1.807) is 43.6 Å². The molecule has 2 amide bonds. The Balaban J connectivity index is 1.84. The molecule has 1 heterocycles. The van der Waals surface area contributed by atoms with Crippen molar-refractivity contribution in [3.05, 3.63) is 53.9 Å². The number of carbonyl (C=O) groups is 2. The fourth-order valence-electron chi connectivity index (χ4n) is 2.63. The highest BCUT2D eigenvalue weighted by Gasteiger charge is 2.11. The molecular formula is C20H25N3O4. The van der Waals surface area contributed by atoms with Crippen molar-refractivity contribution in [1.29, 1.82) is 0 Å². The van der Waals surface area contributed by atoms with E-state index in [-0.39, 0.29) is 18.2 Å². The number of nitrogens with one attached hydrogen (secondary N) is 1. The van der Waals surface area contributed by atoms with Crippen LogP contribution >= 0.6 is 0 Å². The molecule has 2 aromatic rings. The van der Waals surface area contributed by atoms with Crippen molar-refractivity contribution in [3.8, 4) is 11.5 Å². The first-order chi connectivity index (χ1) is 13.0. The lowest BCUT2D eigenvalue weighted by Crippen LogP contribution is -2.37. The van der Waals surface area contributed by atoms with Crippen LogP contribution in [0.25, 0.3) is 0 Å². The van der Waals surface area contributed by atoms with Gasteiger partial charge in [-0.15, -0.1) is 0 Å². The molecule has 7 heteroatoms. The predicted molar refractivity (Wildman–Crippen MR) is 102 cm³/mol. The molecule has 0 spiro atoms. The maximum Gasteiger partial charge on any atom is 0.224 e. The van der Waals surface area contributed by atoms with Crippen molar-refractivity contribution in [2.24, 2.45) is 0 Å². The number of nitrogens with zero attached hydrogens (tertiary/aromatic N) is 2. The normalized spacial score (nSPS) is 10.2. The van der Waals surface area contributed by atoms with Crippen LogP contribution in [-0.2, 0) is 22.6 Å². The lowest BCUT2D eigenvalue weighted by Gasteiger charge is -2.21. The first-order valence-corrected chi connectivity index (χ1v) is 8.65. The molecule has 0 aliphatic rings. The Morgan fingerprint density at radius 3 is 2.37 bits per heavy atom. The van der Waals surface area contributed by atoms with Gasteiger partial charge < -0.3 is 19.7 Å². The Labute approximate surface area is 159 Å². The van der Waals surface area contributed by atoms with Crippen LogP contribution in [0.2, 0.25) is 0 Å². The Morgan fingerprint density at radius 2 is 1.74 bits per heavy atom. The fraction of sp³-hybridized carbons (Fsp3) is 0.350. The molecule has 0 bridgehead atoms. The molecule has 0 radical (unpaired) electrons. The van der Waals surface area contributed by atoms with E-state index in [0.29, 0.717) is 31.1 Å². The number of methoxy groups -OCH3 is 2. The zero-order chi connectivity index (χ0) is 19.6. The van der Waals surface area contributed by atoms with Gasteiger partial charge in [-0.25, -0.2) is 0 Å². The molecular weight excluding hydrogens is 346 g/mol. The van der Waals surface area contributed by atoms with Crippen LogP contribution in [0.4, 0.5) is 0 Å². The first kappa shape index (κ1) is 20.2. The first-order valence-electron chi connectivity index (χ1n) is 8.65. The average Bonchev–Trinajstić information content (AvgIpc) is 2.67. The number of amides is 2. The van der Waals surface area contributed by atoms with Gasteiger partial charge in [0.05, 0.1) is 20.6 Å². The van der Waals surface area contributed by atoms with E-state index >= 15 is 0 Å². The summed E-state index contributed by atoms with van der Waals surface area (Å²) in [7, 11) is 3.12. The highest BCUT2D eigenvalue weighted by atomic mass is 16.5. The zero-order valence-electron chi connectivity index (χ0n) is 15.9. The molecule has 27 heavy (non-hydrogen) atoms. The van der Waals surface area contributed by atoms with Gasteiger partial charge in [-0.1, -0.05) is 6.07 Å². The number of ether oxygens (including phenoxy) is 2. The monoisotopic (exact) mass is 371 g/mol. The van der Waals surface area contributed by atoms with E-state index in [0.717, 1.165) is 11.1 Å². The average molecular weight is 371 g/mol. The highest BCUT2D eigenvalue weighted by Crippen LogP contribution is 2.27. The molecule has 1 aromatic heterocycles. The second-order valence-corrected chi connectivity index (χ2v) is 6.01. The van der Waals surface area contributed by atoms with E-state index in [1.807, 2.05) is 18.2 Å². The van der Waals surface area contributed by atoms with Crippen molar-refractivity contribution >= 4 is 11.8 Å². The summed E-state index contributed by atoms with van der Waals surface area (Å²) >= 11 is 0. The molecule has 0 saturated carbocycles. The van der Waals surface area contributed by atoms with Gasteiger partial charge in [0.2, 0.25) is 11.8 Å². The Bertz CT molecular complexity index is 765. The third kappa shape index (κ3) is 6.29. The summed E-state index contributed by atoms with van der Waals surface area (Å²) in [6.07, 6.45) is 3.61. The SMILES string of the molecule is COc1ccc(CC(=O)NCCN(Cc2ccncc2)C(C)=O)cc1OC. The second kappa shape index (κ2) is 10.2. The van der Waals surface area contributed by atoms with E-state index in [9.17, 15) is 9.59 Å². The van der Waals surface area contributed by atoms with E-state index < -0.39 is 0 Å². The molecule has 7 nitrogen and oxygen atoms in total. The molecule has 144 valence electrons. The van der Waals surface area contributed by atoms with E-state index in [4.69, 9.17) is 9.47 Å². The third-order valence-electron chi connectivity index (χ3n) is 4.08. The molecule has 0 unspecified atom stereocenters. The van der Waals surface area contributed by atoms with Gasteiger partial charge in [0.1, 0.15) is 0 Å². The number of benzene rings is 1. The van der Waals surface area contributed by atoms with Crippen molar-refractivity contribution in [2.45, 2.75) is 19.9 Å². The smallest absolute Gasteiger partial charge is 0.224 e. The number of hydrogen-bond acceptors (Lipinski definition) is 5. The summed E-state index contributed by atoms with van der Waals surface area (Å²) in [5.74, 6) is 1.05. The number of rotatable bonds is 9. The van der Waals surface area contributed by atoms with E-state index in [2.05, 4.69) is 10.3 Å². The van der Waals surface area contributed by atoms with Crippen LogP contribution in [-0.4, -0.2) is 49.0 Å². The van der Waals surface area contributed by atoms with Crippen molar-refractivity contribution < 1.29 is 19.1 Å². The van der Waals surface area contributed by atoms with Crippen LogP contribution in [0.5, 0.6) is 11.5 Å². The van der Waals surface area contributed by atoms with Gasteiger partial charge in [-0.3, -0.25) is 14.6 Å². The maximum atomic E-state index is 12.2. The van der Waals surface area contributed by atoms with Gasteiger partial charge in [-0.2, -0.15) is 0 Å². The van der Waals surface area contributed by atoms with Crippen molar-refractivity contribution in [2.75, 3.05) is 27.3 Å². The molecule has 2 rings (SSSR count). The van der Waals surface area contributed by atoms with Gasteiger partial charge in [0.25, 0.3) is 0 Å². The number of aromatic nitrogens is 1. The highest BCUT2D eigenvalue weighted by molar-refractivity contribution is 5.79. The molecule has 1 N–H and O–H groups in total. The van der Waals surface area contributed by atoms with Crippen LogP contribution in [0.1, 0.15) is 18.1 Å². The molecule has 0 aliphatic carbocycles. The van der Waals surface area contributed by atoms with E-state index in [1.165, 1.54) is 6.92 Å². The van der Waals surface area contributed by atoms with Crippen LogP contribution in [0.3, 0.4) is 0 Å². The summed E-state index contributed by atoms with van der Waals surface area (Å²) in [6, 6.07) is 9.11. The standard InChI is InChI=1S/C20H25N3O4/c1-15(24)23(14-16-6-8-21-9-7-16)11-10-22-20(25)13-17-4-5-18(26-2)19(12-17)27-3/h4-9,12H,10-11,13-14H2,1-3H3,(H,22,25). The summed E-state index contributed by atoms with van der Waals surface area (Å²) in [5.41, 5.74) is 1.82. The van der Waals surface area contributed by atoms with Gasteiger partial charge >= 0.3 is 0 Å². The van der Waals surface area contributed by atoms with Gasteiger partial charge in [-0.05, 0) is 35.4 Å². The second-order valence-electron chi connectivity index (χ2n) is 6.01. The maximum absolute atomic E-state index is 12.2. The summed E-state index contributed by atoms with van der Waals surface area (Å²) in [4.78, 5) is 29.7. The summed E-state index contributed by atoms with van der Waals surface area (Å²) in [5, 5.41) is 2.85. The Hall–Kier alpha value is -3.09. The number of hydrogen-bond donors (Lipinski definition) is 1. The summed E-state index contributed by atoms with van der Waals surface area (Å²) < 4.78 is 10.4. The largest absolute Gasteiger partial charge is 0.493 e. The number of pyridine rings is 1. The minimum Gasteiger partial charge on any atom is -0.493 e. The van der Waals surface area contributed by atoms with Crippen LogP contribution < -0.4 is 14.8 Å². The molecule has 1 aromatic carbocycles. The van der Waals surface area contributed by atoms with Crippen molar-refractivity contribution in [1.82, 2.24) is 15.2 Å². The minimum absolute atomic E-state index is 0.0408. The minimum atomic E-state index is -0.116.